The van der Waals surface area contributed by atoms with Crippen LogP contribution >= 0.6 is 9.24 Å². The van der Waals surface area contributed by atoms with E-state index in [0.29, 0.717) is 11.6 Å². The third-order valence-corrected chi connectivity index (χ3v) is 5.31. The fourth-order valence-corrected chi connectivity index (χ4v) is 4.45. The maximum absolute atomic E-state index is 12.5. The van der Waals surface area contributed by atoms with Crippen LogP contribution in [0.1, 0.15) is 32.6 Å². The number of β-lactam (4-membered cyclic amide) rings is 1. The number of hydrogen-bond acceptors (Lipinski definition) is 3. The molecule has 1 amide bonds. The van der Waals surface area contributed by atoms with Gasteiger partial charge < -0.3 is 9.64 Å². The molecule has 5 heteroatoms. The molecule has 5 unspecified atom stereocenters. The first kappa shape index (κ1) is 14.8. The van der Waals surface area contributed by atoms with Crippen molar-refractivity contribution in [3.63, 3.8) is 0 Å². The first-order valence-electron chi connectivity index (χ1n) is 7.67. The van der Waals surface area contributed by atoms with E-state index in [2.05, 4.69) is 22.7 Å². The first-order valence-corrected chi connectivity index (χ1v) is 8.34. The van der Waals surface area contributed by atoms with Gasteiger partial charge >= 0.3 is 5.97 Å². The number of hydrogen-bond donors (Lipinski definition) is 0. The van der Waals surface area contributed by atoms with Crippen molar-refractivity contribution < 1.29 is 14.3 Å². The van der Waals surface area contributed by atoms with Gasteiger partial charge in [-0.25, -0.2) is 4.79 Å². The number of nitrogens with zero attached hydrogens (tertiary/aromatic N) is 1. The van der Waals surface area contributed by atoms with Crippen LogP contribution in [0.4, 0.5) is 0 Å². The molecule has 1 saturated heterocycles. The average Bonchev–Trinajstić information content (AvgIpc) is 2.75. The number of ether oxygens (including phenoxy) is 1. The van der Waals surface area contributed by atoms with Gasteiger partial charge in [0.05, 0.1) is 12.0 Å². The Labute approximate surface area is 127 Å². The van der Waals surface area contributed by atoms with Gasteiger partial charge in [-0.1, -0.05) is 26.0 Å². The zero-order valence-electron chi connectivity index (χ0n) is 12.4. The van der Waals surface area contributed by atoms with Crippen LogP contribution in [0.3, 0.4) is 0 Å². The Morgan fingerprint density at radius 1 is 1.57 bits per heavy atom. The quantitative estimate of drug-likeness (QED) is 0.346. The van der Waals surface area contributed by atoms with Gasteiger partial charge in [0.15, 0.2) is 0 Å². The molecule has 0 aromatic carbocycles. The van der Waals surface area contributed by atoms with Crippen LogP contribution in [0.25, 0.3) is 0 Å². The van der Waals surface area contributed by atoms with E-state index < -0.39 is 0 Å². The molecule has 0 N–H and O–H groups in total. The summed E-state index contributed by atoms with van der Waals surface area (Å²) in [5.74, 6) is 0.103. The third kappa shape index (κ3) is 2.15. The van der Waals surface area contributed by atoms with Crippen LogP contribution in [0.5, 0.6) is 0 Å². The molecule has 0 radical (unpaired) electrons. The largest absolute Gasteiger partial charge is 0.457 e. The number of rotatable bonds is 4. The van der Waals surface area contributed by atoms with Gasteiger partial charge in [-0.3, -0.25) is 4.79 Å². The fraction of sp³-hybridized carbons (Fsp3) is 0.625. The minimum absolute atomic E-state index is 0.0257. The van der Waals surface area contributed by atoms with Gasteiger partial charge in [-0.15, -0.1) is 9.24 Å². The van der Waals surface area contributed by atoms with Gasteiger partial charge in [0.2, 0.25) is 5.91 Å². The van der Waals surface area contributed by atoms with Gasteiger partial charge in [0, 0.05) is 5.92 Å². The Balaban J connectivity index is 1.92. The molecule has 114 valence electrons. The summed E-state index contributed by atoms with van der Waals surface area (Å²) in [5.41, 5.74) is 1.94. The summed E-state index contributed by atoms with van der Waals surface area (Å²) in [6, 6.07) is 0.173. The molecule has 2 fully saturated rings. The number of carbonyl (C=O) groups is 2. The van der Waals surface area contributed by atoms with Crippen LogP contribution in [0.2, 0.25) is 0 Å². The monoisotopic (exact) mass is 307 g/mol. The normalized spacial score (nSPS) is 32.2. The lowest BCUT2D eigenvalue weighted by molar-refractivity contribution is -0.157. The highest BCUT2D eigenvalue weighted by Crippen LogP contribution is 2.53. The van der Waals surface area contributed by atoms with Gasteiger partial charge in [0.1, 0.15) is 12.3 Å². The van der Waals surface area contributed by atoms with E-state index >= 15 is 0 Å². The molecular formula is C16H22NO3P. The van der Waals surface area contributed by atoms with Crippen LogP contribution in [0, 0.1) is 11.8 Å². The Hall–Kier alpha value is -1.15. The Kier molecular flexibility index (Phi) is 3.92. The highest BCUT2D eigenvalue weighted by atomic mass is 31.0. The van der Waals surface area contributed by atoms with Crippen molar-refractivity contribution in [2.75, 3.05) is 6.61 Å². The van der Waals surface area contributed by atoms with Crippen molar-refractivity contribution in [3.05, 3.63) is 23.9 Å². The Morgan fingerprint density at radius 2 is 2.33 bits per heavy atom. The minimum Gasteiger partial charge on any atom is -0.457 e. The predicted molar refractivity (Wildman–Crippen MR) is 83.4 cm³/mol. The van der Waals surface area contributed by atoms with Crippen LogP contribution in [-0.4, -0.2) is 35.1 Å². The van der Waals surface area contributed by atoms with Crippen molar-refractivity contribution >= 4 is 21.1 Å². The Morgan fingerprint density at radius 3 is 3.00 bits per heavy atom. The zero-order chi connectivity index (χ0) is 15.1. The topological polar surface area (TPSA) is 46.6 Å². The molecule has 3 rings (SSSR count). The third-order valence-electron chi connectivity index (χ3n) is 4.90. The fourth-order valence-electron chi connectivity index (χ4n) is 4.05. The van der Waals surface area contributed by atoms with Crippen LogP contribution in [0.15, 0.2) is 23.9 Å². The molecule has 21 heavy (non-hydrogen) atoms. The first-order chi connectivity index (χ1) is 10.1. The van der Waals surface area contributed by atoms with Crippen molar-refractivity contribution in [2.45, 2.75) is 44.3 Å². The van der Waals surface area contributed by atoms with E-state index in [-0.39, 0.29) is 36.1 Å². The molecule has 2 heterocycles. The number of amides is 1. The summed E-state index contributed by atoms with van der Waals surface area (Å²) in [5, 5.41) is 0. The molecule has 3 aliphatic rings. The van der Waals surface area contributed by atoms with Gasteiger partial charge in [-0.05, 0) is 30.5 Å². The minimum atomic E-state index is -0.359. The van der Waals surface area contributed by atoms with Crippen LogP contribution < -0.4 is 0 Å². The van der Waals surface area contributed by atoms with Crippen molar-refractivity contribution in [1.82, 2.24) is 4.90 Å². The molecule has 1 aliphatic carbocycles. The number of esters is 1. The predicted octanol–water partition coefficient (Wildman–Crippen LogP) is 2.26. The maximum Gasteiger partial charge on any atom is 0.355 e. The smallest absolute Gasteiger partial charge is 0.355 e. The lowest BCUT2D eigenvalue weighted by atomic mass is 9.73. The average molecular weight is 307 g/mol. The molecule has 0 spiro atoms. The van der Waals surface area contributed by atoms with E-state index in [0.717, 1.165) is 24.8 Å². The SMILES string of the molecule is C=CCOC(=O)C1=C2CCCCC2C2C(C(C)P)C(=O)N12. The second-order valence-corrected chi connectivity index (χ2v) is 7.25. The summed E-state index contributed by atoms with van der Waals surface area (Å²) >= 11 is 0. The molecule has 1 saturated carbocycles. The maximum atomic E-state index is 12.5. The molecule has 0 aromatic heterocycles. The second kappa shape index (κ2) is 5.57. The zero-order valence-corrected chi connectivity index (χ0v) is 13.5. The van der Waals surface area contributed by atoms with Crippen molar-refractivity contribution in [1.29, 1.82) is 0 Å². The molecule has 2 aliphatic heterocycles. The number of fused-ring (bicyclic) bond motifs is 3. The van der Waals surface area contributed by atoms with Crippen LogP contribution in [-0.2, 0) is 14.3 Å². The highest BCUT2D eigenvalue weighted by molar-refractivity contribution is 7.17. The Bertz CT molecular complexity index is 526. The second-order valence-electron chi connectivity index (χ2n) is 6.20. The lowest BCUT2D eigenvalue weighted by Gasteiger charge is -2.48. The van der Waals surface area contributed by atoms with Gasteiger partial charge in [0.25, 0.3) is 0 Å². The summed E-state index contributed by atoms with van der Waals surface area (Å²) in [7, 11) is 2.74. The van der Waals surface area contributed by atoms with Crippen molar-refractivity contribution in [2.24, 2.45) is 11.8 Å². The molecule has 4 nitrogen and oxygen atoms in total. The molecule has 5 atom stereocenters. The van der Waals surface area contributed by atoms with E-state index in [1.165, 1.54) is 6.42 Å². The van der Waals surface area contributed by atoms with E-state index in [9.17, 15) is 9.59 Å². The van der Waals surface area contributed by atoms with Gasteiger partial charge in [-0.2, -0.15) is 0 Å². The summed E-state index contributed by atoms with van der Waals surface area (Å²) in [6.45, 7) is 5.81. The molecular weight excluding hydrogens is 285 g/mol. The standard InChI is InChI=1S/C16H22NO3P/c1-3-8-20-16(19)14-11-7-5-4-6-10(11)13-12(9(2)21)15(18)17(13)14/h3,9-10,12-13H,1,4-8,21H2,2H3. The van der Waals surface area contributed by atoms with E-state index in [4.69, 9.17) is 4.74 Å². The summed E-state index contributed by atoms with van der Waals surface area (Å²) in [4.78, 5) is 26.5. The van der Waals surface area contributed by atoms with E-state index in [1.807, 2.05) is 0 Å². The summed E-state index contributed by atoms with van der Waals surface area (Å²) in [6.07, 6.45) is 5.83. The molecule has 0 bridgehead atoms. The lowest BCUT2D eigenvalue weighted by Crippen LogP contribution is -2.63. The summed E-state index contributed by atoms with van der Waals surface area (Å²) < 4.78 is 5.21. The molecule has 0 aromatic rings. The van der Waals surface area contributed by atoms with Crippen molar-refractivity contribution in [3.8, 4) is 0 Å². The highest BCUT2D eigenvalue weighted by Gasteiger charge is 2.60. The number of carbonyl (C=O) groups excluding carboxylic acids is 2. The van der Waals surface area contributed by atoms with E-state index in [1.54, 1.807) is 11.0 Å².